The van der Waals surface area contributed by atoms with Gasteiger partial charge in [-0.15, -0.1) is 0 Å². The van der Waals surface area contributed by atoms with Crippen molar-refractivity contribution in [3.63, 3.8) is 0 Å². The zero-order valence-electron chi connectivity index (χ0n) is 16.7. The van der Waals surface area contributed by atoms with E-state index in [2.05, 4.69) is 6.92 Å². The number of carbonyl (C=O) groups is 1. The minimum Gasteiger partial charge on any atom is -0.481 e. The summed E-state index contributed by atoms with van der Waals surface area (Å²) in [4.78, 5) is 14.9. The molecule has 1 heterocycles. The summed E-state index contributed by atoms with van der Waals surface area (Å²) in [5, 5.41) is 0.578. The predicted octanol–water partition coefficient (Wildman–Crippen LogP) is 3.89. The molecule has 1 aliphatic rings. The highest BCUT2D eigenvalue weighted by atomic mass is 35.5. The van der Waals surface area contributed by atoms with Crippen LogP contribution in [0.25, 0.3) is 0 Å². The molecule has 29 heavy (non-hydrogen) atoms. The molecule has 0 aromatic heterocycles. The van der Waals surface area contributed by atoms with Gasteiger partial charge in [0.15, 0.2) is 15.9 Å². The van der Waals surface area contributed by atoms with Crippen molar-refractivity contribution in [2.45, 2.75) is 45.4 Å². The van der Waals surface area contributed by atoms with E-state index in [1.807, 2.05) is 36.4 Å². The minimum atomic E-state index is -3.13. The molecule has 0 aliphatic carbocycles. The average molecular weight is 436 g/mol. The van der Waals surface area contributed by atoms with Crippen molar-refractivity contribution in [2.75, 3.05) is 11.5 Å². The van der Waals surface area contributed by atoms with E-state index in [4.69, 9.17) is 16.3 Å². The summed E-state index contributed by atoms with van der Waals surface area (Å²) in [5.41, 5.74) is 2.05. The van der Waals surface area contributed by atoms with E-state index in [-0.39, 0.29) is 23.5 Å². The summed E-state index contributed by atoms with van der Waals surface area (Å²) in [5.74, 6) is 0.471. The van der Waals surface area contributed by atoms with Gasteiger partial charge in [0, 0.05) is 17.6 Å². The Morgan fingerprint density at radius 3 is 2.52 bits per heavy atom. The number of nitrogens with zero attached hydrogens (tertiary/aromatic N) is 1. The van der Waals surface area contributed by atoms with Crippen LogP contribution in [0.5, 0.6) is 5.75 Å². The summed E-state index contributed by atoms with van der Waals surface area (Å²) < 4.78 is 29.9. The van der Waals surface area contributed by atoms with Crippen LogP contribution in [-0.2, 0) is 27.6 Å². The molecule has 3 rings (SSSR count). The number of sulfone groups is 1. The Hall–Kier alpha value is -2.05. The van der Waals surface area contributed by atoms with Gasteiger partial charge in [0.25, 0.3) is 5.91 Å². The summed E-state index contributed by atoms with van der Waals surface area (Å²) in [6, 6.07) is 14.5. The van der Waals surface area contributed by atoms with Gasteiger partial charge in [-0.3, -0.25) is 4.79 Å². The van der Waals surface area contributed by atoms with Gasteiger partial charge in [-0.2, -0.15) is 0 Å². The minimum absolute atomic E-state index is 0.0166. The molecule has 156 valence electrons. The normalized spacial score (nSPS) is 18.9. The van der Waals surface area contributed by atoms with Gasteiger partial charge < -0.3 is 9.64 Å². The Labute approximate surface area is 177 Å². The molecular weight excluding hydrogens is 410 g/mol. The molecule has 2 aromatic carbocycles. The van der Waals surface area contributed by atoms with Gasteiger partial charge in [0.2, 0.25) is 0 Å². The average Bonchev–Trinajstić information content (AvgIpc) is 3.05. The lowest BCUT2D eigenvalue weighted by molar-refractivity contribution is -0.140. The molecular formula is C22H26ClNO4S. The first-order valence-corrected chi connectivity index (χ1v) is 12.0. The van der Waals surface area contributed by atoms with Crippen molar-refractivity contribution in [1.29, 1.82) is 0 Å². The van der Waals surface area contributed by atoms with Crippen LogP contribution in [0.4, 0.5) is 0 Å². The molecule has 0 N–H and O–H groups in total. The molecule has 1 aliphatic heterocycles. The number of hydrogen-bond acceptors (Lipinski definition) is 4. The van der Waals surface area contributed by atoms with Crippen molar-refractivity contribution in [3.8, 4) is 5.75 Å². The van der Waals surface area contributed by atoms with Gasteiger partial charge in [-0.25, -0.2) is 8.42 Å². The number of amides is 1. The molecule has 2 atom stereocenters. The number of benzene rings is 2. The van der Waals surface area contributed by atoms with E-state index in [1.165, 1.54) is 5.56 Å². The Kier molecular flexibility index (Phi) is 6.85. The fraction of sp³-hybridized carbons (Fsp3) is 0.409. The Morgan fingerprint density at radius 2 is 1.93 bits per heavy atom. The Morgan fingerprint density at radius 1 is 1.21 bits per heavy atom. The SMILES string of the molecule is CCc1ccc(OC(C)C(=O)N(Cc2cccc(Cl)c2)C2CCS(=O)(=O)C2)cc1. The van der Waals surface area contributed by atoms with Gasteiger partial charge >= 0.3 is 0 Å². The molecule has 0 bridgehead atoms. The number of ether oxygens (including phenoxy) is 1. The van der Waals surface area contributed by atoms with Gasteiger partial charge in [-0.1, -0.05) is 42.8 Å². The maximum absolute atomic E-state index is 13.2. The zero-order valence-corrected chi connectivity index (χ0v) is 18.2. The maximum atomic E-state index is 13.2. The van der Waals surface area contributed by atoms with Crippen LogP contribution >= 0.6 is 11.6 Å². The van der Waals surface area contributed by atoms with E-state index in [0.29, 0.717) is 23.7 Å². The molecule has 5 nitrogen and oxygen atoms in total. The number of aryl methyl sites for hydroxylation is 1. The lowest BCUT2D eigenvalue weighted by Crippen LogP contribution is -2.46. The van der Waals surface area contributed by atoms with Crippen molar-refractivity contribution in [3.05, 3.63) is 64.7 Å². The van der Waals surface area contributed by atoms with Crippen LogP contribution in [-0.4, -0.2) is 42.9 Å². The first-order chi connectivity index (χ1) is 13.8. The third-order valence-corrected chi connectivity index (χ3v) is 7.15. The first-order valence-electron chi connectivity index (χ1n) is 9.78. The molecule has 7 heteroatoms. The first kappa shape index (κ1) is 21.7. The van der Waals surface area contributed by atoms with E-state index in [9.17, 15) is 13.2 Å². The third-order valence-electron chi connectivity index (χ3n) is 5.17. The lowest BCUT2D eigenvalue weighted by atomic mass is 10.1. The third kappa shape index (κ3) is 5.73. The molecule has 1 fully saturated rings. The summed E-state index contributed by atoms with van der Waals surface area (Å²) in [6.07, 6.45) is 0.634. The van der Waals surface area contributed by atoms with Crippen LogP contribution in [0.2, 0.25) is 5.02 Å². The maximum Gasteiger partial charge on any atom is 0.263 e. The Balaban J connectivity index is 1.78. The zero-order chi connectivity index (χ0) is 21.0. The second-order valence-electron chi connectivity index (χ2n) is 7.41. The largest absolute Gasteiger partial charge is 0.481 e. The second kappa shape index (κ2) is 9.18. The highest BCUT2D eigenvalue weighted by molar-refractivity contribution is 7.91. The fourth-order valence-electron chi connectivity index (χ4n) is 3.53. The second-order valence-corrected chi connectivity index (χ2v) is 10.1. The van der Waals surface area contributed by atoms with Crippen LogP contribution in [0.15, 0.2) is 48.5 Å². The smallest absolute Gasteiger partial charge is 0.263 e. The molecule has 0 saturated carbocycles. The van der Waals surface area contributed by atoms with Gasteiger partial charge in [0.05, 0.1) is 11.5 Å². The standard InChI is InChI=1S/C22H26ClNO4S/c1-3-17-7-9-21(10-8-17)28-16(2)22(25)24(20-11-12-29(26,27)15-20)14-18-5-4-6-19(23)13-18/h4-10,13,16,20H,3,11-12,14-15H2,1-2H3. The van der Waals surface area contributed by atoms with E-state index >= 15 is 0 Å². The summed E-state index contributed by atoms with van der Waals surface area (Å²) in [6.45, 7) is 4.07. The number of rotatable bonds is 7. The van der Waals surface area contributed by atoms with Crippen molar-refractivity contribution in [1.82, 2.24) is 4.90 Å². The molecule has 1 saturated heterocycles. The van der Waals surface area contributed by atoms with E-state index < -0.39 is 15.9 Å². The van der Waals surface area contributed by atoms with Crippen LogP contribution in [0.3, 0.4) is 0 Å². The topological polar surface area (TPSA) is 63.7 Å². The summed E-state index contributed by atoms with van der Waals surface area (Å²) in [7, 11) is -3.13. The lowest BCUT2D eigenvalue weighted by Gasteiger charge is -2.31. The van der Waals surface area contributed by atoms with Crippen molar-refractivity contribution >= 4 is 27.3 Å². The van der Waals surface area contributed by atoms with E-state index in [0.717, 1.165) is 12.0 Å². The number of halogens is 1. The summed E-state index contributed by atoms with van der Waals surface area (Å²) >= 11 is 6.08. The van der Waals surface area contributed by atoms with Crippen molar-refractivity contribution < 1.29 is 17.9 Å². The van der Waals surface area contributed by atoms with E-state index in [1.54, 1.807) is 24.0 Å². The monoisotopic (exact) mass is 435 g/mol. The van der Waals surface area contributed by atoms with Crippen LogP contribution in [0.1, 0.15) is 31.4 Å². The molecule has 0 spiro atoms. The quantitative estimate of drug-likeness (QED) is 0.661. The molecule has 2 unspecified atom stereocenters. The molecule has 2 aromatic rings. The number of carbonyl (C=O) groups excluding carboxylic acids is 1. The highest BCUT2D eigenvalue weighted by Crippen LogP contribution is 2.23. The predicted molar refractivity (Wildman–Crippen MR) is 115 cm³/mol. The molecule has 1 amide bonds. The Bertz CT molecular complexity index is 959. The van der Waals surface area contributed by atoms with Gasteiger partial charge in [0.1, 0.15) is 5.75 Å². The molecule has 0 radical (unpaired) electrons. The fourth-order valence-corrected chi connectivity index (χ4v) is 5.48. The highest BCUT2D eigenvalue weighted by Gasteiger charge is 2.36. The van der Waals surface area contributed by atoms with Gasteiger partial charge in [-0.05, 0) is 55.2 Å². The van der Waals surface area contributed by atoms with Crippen LogP contribution in [0, 0.1) is 0 Å². The van der Waals surface area contributed by atoms with Crippen molar-refractivity contribution in [2.24, 2.45) is 0 Å². The van der Waals surface area contributed by atoms with Crippen LogP contribution < -0.4 is 4.74 Å². The number of hydrogen-bond donors (Lipinski definition) is 0.